The molecule has 0 aliphatic carbocycles. The number of pyridine rings is 1. The van der Waals surface area contributed by atoms with Gasteiger partial charge in [-0.15, -0.1) is 0 Å². The van der Waals surface area contributed by atoms with E-state index in [4.69, 9.17) is 0 Å². The van der Waals surface area contributed by atoms with Gasteiger partial charge in [0.05, 0.1) is 24.1 Å². The van der Waals surface area contributed by atoms with Gasteiger partial charge in [-0.25, -0.2) is 13.2 Å². The van der Waals surface area contributed by atoms with Gasteiger partial charge in [-0.1, -0.05) is 32.0 Å². The van der Waals surface area contributed by atoms with Crippen molar-refractivity contribution in [1.82, 2.24) is 15.2 Å². The van der Waals surface area contributed by atoms with Crippen molar-refractivity contribution in [2.24, 2.45) is 5.92 Å². The van der Waals surface area contributed by atoms with Crippen LogP contribution in [-0.2, 0) is 16.0 Å². The predicted octanol–water partition coefficient (Wildman–Crippen LogP) is 6.92. The number of hydrogen-bond acceptors (Lipinski definition) is 4. The van der Waals surface area contributed by atoms with Crippen LogP contribution >= 0.6 is 0 Å². The maximum absolute atomic E-state index is 16.3. The van der Waals surface area contributed by atoms with Crippen molar-refractivity contribution in [3.05, 3.63) is 87.2 Å². The Morgan fingerprint density at radius 3 is 2.27 bits per heavy atom. The van der Waals surface area contributed by atoms with Crippen LogP contribution < -0.4 is 5.32 Å². The number of nitrogens with zero attached hydrogens (tertiary/aromatic N) is 2. The molecule has 2 N–H and O–H groups in total. The number of carboxylic acids is 1. The molecule has 1 aliphatic rings. The van der Waals surface area contributed by atoms with Crippen LogP contribution in [0.5, 0.6) is 0 Å². The number of benzene rings is 2. The largest absolute Gasteiger partial charge is 0.481 e. The molecule has 1 aliphatic heterocycles. The van der Waals surface area contributed by atoms with Crippen molar-refractivity contribution < 1.29 is 27.9 Å². The maximum atomic E-state index is 16.3. The molecule has 3 aromatic rings. The quantitative estimate of drug-likeness (QED) is 0.233. The van der Waals surface area contributed by atoms with Gasteiger partial charge in [0.25, 0.3) is 0 Å². The van der Waals surface area contributed by atoms with E-state index in [1.165, 1.54) is 13.0 Å². The number of carbonyl (C=O) groups is 2. The summed E-state index contributed by atoms with van der Waals surface area (Å²) >= 11 is 0. The number of aryl methyl sites for hydroxylation is 4. The second kappa shape index (κ2) is 13.9. The molecule has 1 aromatic heterocycles. The Hall–Kier alpha value is -3.72. The zero-order valence-electron chi connectivity index (χ0n) is 26.3. The van der Waals surface area contributed by atoms with Gasteiger partial charge < -0.3 is 10.4 Å². The summed E-state index contributed by atoms with van der Waals surface area (Å²) in [7, 11) is 0. The number of carboxylic acid groups (broad SMARTS) is 1. The topological polar surface area (TPSA) is 82.5 Å². The first-order valence-corrected chi connectivity index (χ1v) is 15.2. The first-order valence-electron chi connectivity index (χ1n) is 15.2. The number of rotatable bonds is 12. The summed E-state index contributed by atoms with van der Waals surface area (Å²) in [6.07, 6.45) is 1.25. The minimum absolute atomic E-state index is 0.0703. The van der Waals surface area contributed by atoms with Gasteiger partial charge in [0.1, 0.15) is 17.8 Å². The molecule has 1 amide bonds. The number of amides is 1. The molecular formula is C35H42F3N3O3. The lowest BCUT2D eigenvalue weighted by atomic mass is 9.88. The van der Waals surface area contributed by atoms with E-state index in [0.717, 1.165) is 22.3 Å². The van der Waals surface area contributed by atoms with E-state index in [1.54, 1.807) is 6.20 Å². The monoisotopic (exact) mass is 609 g/mol. The number of alkyl halides is 1. The lowest BCUT2D eigenvalue weighted by molar-refractivity contribution is -0.137. The molecule has 0 radical (unpaired) electrons. The first kappa shape index (κ1) is 33.2. The van der Waals surface area contributed by atoms with E-state index >= 15 is 8.78 Å². The predicted molar refractivity (Wildman–Crippen MR) is 165 cm³/mol. The number of nitrogens with one attached hydrogen (secondary N) is 1. The normalized spacial score (nSPS) is 15.2. The van der Waals surface area contributed by atoms with Gasteiger partial charge in [0.15, 0.2) is 0 Å². The van der Waals surface area contributed by atoms with Crippen LogP contribution in [-0.4, -0.2) is 52.7 Å². The fourth-order valence-corrected chi connectivity index (χ4v) is 6.04. The molecule has 4 rings (SSSR count). The van der Waals surface area contributed by atoms with E-state index in [2.05, 4.69) is 10.3 Å². The third-order valence-electron chi connectivity index (χ3n) is 8.44. The van der Waals surface area contributed by atoms with E-state index in [1.807, 2.05) is 63.8 Å². The Morgan fingerprint density at radius 2 is 1.68 bits per heavy atom. The summed E-state index contributed by atoms with van der Waals surface area (Å²) in [5.74, 6) is -4.35. The summed E-state index contributed by atoms with van der Waals surface area (Å²) in [5.41, 5.74) is 4.44. The van der Waals surface area contributed by atoms with Gasteiger partial charge in [0.2, 0.25) is 5.91 Å². The van der Waals surface area contributed by atoms with Crippen LogP contribution in [0.25, 0.3) is 11.1 Å². The molecule has 6 nitrogen and oxygen atoms in total. The van der Waals surface area contributed by atoms with Gasteiger partial charge in [0, 0.05) is 37.0 Å². The summed E-state index contributed by atoms with van der Waals surface area (Å²) in [6.45, 7) is 12.5. The molecule has 2 atom stereocenters. The third-order valence-corrected chi connectivity index (χ3v) is 8.44. The number of aromatic nitrogens is 1. The molecule has 0 bridgehead atoms. The average molecular weight is 610 g/mol. The molecule has 0 spiro atoms. The zero-order valence-corrected chi connectivity index (χ0v) is 26.3. The second-order valence-electron chi connectivity index (χ2n) is 12.5. The summed E-state index contributed by atoms with van der Waals surface area (Å²) in [6, 6.07) is 7.35. The number of aliphatic carboxylic acids is 1. The van der Waals surface area contributed by atoms with Crippen molar-refractivity contribution in [2.45, 2.75) is 78.9 Å². The Balaban J connectivity index is 1.71. The molecule has 0 unspecified atom stereocenters. The van der Waals surface area contributed by atoms with Crippen LogP contribution in [0.2, 0.25) is 0 Å². The van der Waals surface area contributed by atoms with E-state index < -0.39 is 53.6 Å². The fourth-order valence-electron chi connectivity index (χ4n) is 6.04. The Labute approximate surface area is 257 Å². The number of halogens is 3. The fraction of sp³-hybridized carbons (Fsp3) is 0.457. The standard InChI is InChI=1S/C35H42F3N3O3/c1-19(2)12-26(28-14-24(23(6)16-39-28)10-11-41-17-25(36)18-41)35(44)40-29(15-30(42)43)32-33(37)22(5)13-27(34(32)38)31-20(3)8-7-9-21(31)4/h7-9,13-14,16,19,25-26,29H,10-12,15,17-18H2,1-6H3,(H,40,44)(H,42,43)/t26-,29+/m1/s1. The van der Waals surface area contributed by atoms with Crippen molar-refractivity contribution in [3.63, 3.8) is 0 Å². The highest BCUT2D eigenvalue weighted by molar-refractivity contribution is 5.84. The molecule has 236 valence electrons. The van der Waals surface area contributed by atoms with Crippen LogP contribution in [0, 0.1) is 45.2 Å². The molecule has 1 saturated heterocycles. The van der Waals surface area contributed by atoms with Crippen LogP contribution in [0.3, 0.4) is 0 Å². The average Bonchev–Trinajstić information content (AvgIpc) is 2.92. The van der Waals surface area contributed by atoms with Gasteiger partial charge >= 0.3 is 5.97 Å². The van der Waals surface area contributed by atoms with Gasteiger partial charge in [-0.3, -0.25) is 19.5 Å². The van der Waals surface area contributed by atoms with Crippen LogP contribution in [0.1, 0.15) is 77.7 Å². The summed E-state index contributed by atoms with van der Waals surface area (Å²) in [5, 5.41) is 12.5. The molecule has 44 heavy (non-hydrogen) atoms. The van der Waals surface area contributed by atoms with Crippen LogP contribution in [0.15, 0.2) is 36.5 Å². The molecule has 1 fully saturated rings. The molecule has 2 aromatic carbocycles. The second-order valence-corrected chi connectivity index (χ2v) is 12.5. The number of carbonyl (C=O) groups excluding carboxylic acids is 1. The van der Waals surface area contributed by atoms with Crippen molar-refractivity contribution in [2.75, 3.05) is 19.6 Å². The van der Waals surface area contributed by atoms with E-state index in [-0.39, 0.29) is 17.0 Å². The highest BCUT2D eigenvalue weighted by Crippen LogP contribution is 2.37. The molecular weight excluding hydrogens is 567 g/mol. The first-order chi connectivity index (χ1) is 20.8. The van der Waals surface area contributed by atoms with Gasteiger partial charge in [-0.05, 0) is 92.0 Å². The number of likely N-dealkylation sites (tertiary alicyclic amines) is 1. The Bertz CT molecular complexity index is 1520. The van der Waals surface area contributed by atoms with Gasteiger partial charge in [-0.2, -0.15) is 0 Å². The SMILES string of the molecule is Cc1cnc([C@@H](CC(C)C)C(=O)N[C@@H](CC(=O)O)c2c(F)c(C)cc(-c3c(C)cccc3C)c2F)cc1CCN1CC(F)C1. The van der Waals surface area contributed by atoms with Crippen molar-refractivity contribution in [1.29, 1.82) is 0 Å². The Morgan fingerprint density at radius 1 is 1.02 bits per heavy atom. The minimum atomic E-state index is -1.46. The molecule has 0 saturated carbocycles. The summed E-state index contributed by atoms with van der Waals surface area (Å²) in [4.78, 5) is 32.5. The maximum Gasteiger partial charge on any atom is 0.305 e. The zero-order chi connectivity index (χ0) is 32.3. The smallest absolute Gasteiger partial charge is 0.305 e. The lowest BCUT2D eigenvalue weighted by Crippen LogP contribution is -2.48. The summed E-state index contributed by atoms with van der Waals surface area (Å²) < 4.78 is 45.3. The van der Waals surface area contributed by atoms with Crippen molar-refractivity contribution in [3.8, 4) is 11.1 Å². The van der Waals surface area contributed by atoms with E-state index in [0.29, 0.717) is 43.7 Å². The lowest BCUT2D eigenvalue weighted by Gasteiger charge is -2.34. The van der Waals surface area contributed by atoms with Crippen molar-refractivity contribution >= 4 is 11.9 Å². The highest BCUT2D eigenvalue weighted by Gasteiger charge is 2.32. The Kier molecular flexibility index (Phi) is 10.5. The molecule has 2 heterocycles. The third kappa shape index (κ3) is 7.49. The molecule has 9 heteroatoms. The highest BCUT2D eigenvalue weighted by atomic mass is 19.1. The van der Waals surface area contributed by atoms with E-state index in [9.17, 15) is 19.1 Å². The number of hydrogen-bond donors (Lipinski definition) is 2. The van der Waals surface area contributed by atoms with Crippen LogP contribution in [0.4, 0.5) is 13.2 Å². The minimum Gasteiger partial charge on any atom is -0.481 e.